The third kappa shape index (κ3) is 7.04. The van der Waals surface area contributed by atoms with Gasteiger partial charge in [-0.25, -0.2) is 0 Å². The molecule has 0 N–H and O–H groups in total. The van der Waals surface area contributed by atoms with Gasteiger partial charge in [-0.2, -0.15) is 11.8 Å². The number of hydrogen-bond acceptors (Lipinski definition) is 2. The van der Waals surface area contributed by atoms with Crippen LogP contribution < -0.4 is 0 Å². The molecule has 0 aliphatic carbocycles. The maximum Gasteiger partial charge on any atom is 0.105 e. The first-order valence-electron chi connectivity index (χ1n) is 3.82. The highest BCUT2D eigenvalue weighted by atomic mass is 32.2. The molecule has 0 fully saturated rings. The van der Waals surface area contributed by atoms with E-state index in [-0.39, 0.29) is 0 Å². The van der Waals surface area contributed by atoms with Gasteiger partial charge in [-0.1, -0.05) is 18.1 Å². The molecule has 0 aromatic heterocycles. The van der Waals surface area contributed by atoms with Crippen molar-refractivity contribution in [1.29, 1.82) is 0 Å². The zero-order chi connectivity index (χ0) is 8.69. The average Bonchev–Trinajstić information content (AvgIpc) is 1.98. The molecule has 0 aromatic carbocycles. The Kier molecular flexibility index (Phi) is 7.76. The van der Waals surface area contributed by atoms with Crippen LogP contribution in [0.2, 0.25) is 0 Å². The summed E-state index contributed by atoms with van der Waals surface area (Å²) in [6, 6.07) is 0. The van der Waals surface area contributed by atoms with Crippen LogP contribution in [0.5, 0.6) is 0 Å². The van der Waals surface area contributed by atoms with E-state index in [9.17, 15) is 4.55 Å². The Labute approximate surface area is 77.5 Å². The first kappa shape index (κ1) is 11.7. The highest BCUT2D eigenvalue weighted by molar-refractivity contribution is 7.99. The van der Waals surface area contributed by atoms with Crippen molar-refractivity contribution in [3.8, 4) is 0 Å². The smallest absolute Gasteiger partial charge is 0.105 e. The molecule has 3 heteroatoms. The van der Waals surface area contributed by atoms with E-state index < -0.39 is 11.2 Å². The fourth-order valence-electron chi connectivity index (χ4n) is 0.894. The topological polar surface area (TPSA) is 23.1 Å². The summed E-state index contributed by atoms with van der Waals surface area (Å²) in [4.78, 5) is 0. The molecule has 0 bridgehead atoms. The minimum Gasteiger partial charge on any atom is -0.617 e. The molecule has 11 heavy (non-hydrogen) atoms. The predicted octanol–water partition coefficient (Wildman–Crippen LogP) is 2.10. The molecule has 0 amide bonds. The maximum atomic E-state index is 10.7. The Morgan fingerprint density at radius 2 is 2.27 bits per heavy atom. The lowest BCUT2D eigenvalue weighted by atomic mass is 10.2. The van der Waals surface area contributed by atoms with Crippen molar-refractivity contribution in [2.75, 3.05) is 18.3 Å². The van der Waals surface area contributed by atoms with E-state index in [4.69, 9.17) is 0 Å². The van der Waals surface area contributed by atoms with Gasteiger partial charge in [-0.3, -0.25) is 0 Å². The highest BCUT2D eigenvalue weighted by Crippen LogP contribution is 2.16. The van der Waals surface area contributed by atoms with Gasteiger partial charge in [0.1, 0.15) is 5.75 Å². The third-order valence-corrected chi connectivity index (χ3v) is 3.61. The summed E-state index contributed by atoms with van der Waals surface area (Å²) in [5.41, 5.74) is 0. The molecule has 67 valence electrons. The SMILES string of the molecule is [CH2]CC(CCC[S+](C)[O-])SC. The summed E-state index contributed by atoms with van der Waals surface area (Å²) < 4.78 is 10.7. The maximum absolute atomic E-state index is 10.7. The monoisotopic (exact) mass is 193 g/mol. The second-order valence-electron chi connectivity index (χ2n) is 2.57. The quantitative estimate of drug-likeness (QED) is 0.603. The lowest BCUT2D eigenvalue weighted by Crippen LogP contribution is -2.07. The molecule has 0 heterocycles. The Morgan fingerprint density at radius 3 is 2.64 bits per heavy atom. The van der Waals surface area contributed by atoms with Crippen LogP contribution in [0.25, 0.3) is 0 Å². The normalized spacial score (nSPS) is 16.4. The molecule has 1 nitrogen and oxygen atoms in total. The van der Waals surface area contributed by atoms with Gasteiger partial charge in [-0.15, -0.1) is 0 Å². The molecule has 0 aliphatic rings. The van der Waals surface area contributed by atoms with Crippen molar-refractivity contribution in [2.45, 2.75) is 24.5 Å². The Balaban J connectivity index is 3.21. The molecule has 0 aliphatic heterocycles. The molecule has 0 saturated heterocycles. The second-order valence-corrected chi connectivity index (χ2v) is 5.26. The van der Waals surface area contributed by atoms with Crippen molar-refractivity contribution >= 4 is 22.9 Å². The van der Waals surface area contributed by atoms with Gasteiger partial charge in [-0.05, 0) is 25.5 Å². The molecule has 0 spiro atoms. The molecule has 0 aromatic rings. The van der Waals surface area contributed by atoms with Gasteiger partial charge in [0.15, 0.2) is 0 Å². The summed E-state index contributed by atoms with van der Waals surface area (Å²) in [5.74, 6) is 0.844. The van der Waals surface area contributed by atoms with E-state index >= 15 is 0 Å². The molecule has 2 atom stereocenters. The number of thioether (sulfide) groups is 1. The Bertz CT molecular complexity index is 82.2. The minimum absolute atomic E-state index is 0.616. The zero-order valence-corrected chi connectivity index (χ0v) is 8.97. The van der Waals surface area contributed by atoms with Gasteiger partial charge in [0.2, 0.25) is 0 Å². The Hall–Kier alpha value is 0.660. The molecular formula is C8H17OS2. The van der Waals surface area contributed by atoms with Crippen LogP contribution in [0.3, 0.4) is 0 Å². The summed E-state index contributed by atoms with van der Waals surface area (Å²) in [6.07, 6.45) is 7.09. The predicted molar refractivity (Wildman–Crippen MR) is 55.4 cm³/mol. The lowest BCUT2D eigenvalue weighted by molar-refractivity contribution is 0.595. The molecule has 2 unspecified atom stereocenters. The summed E-state index contributed by atoms with van der Waals surface area (Å²) >= 11 is 1.24. The van der Waals surface area contributed by atoms with Gasteiger partial charge in [0.25, 0.3) is 0 Å². The van der Waals surface area contributed by atoms with E-state index in [0.717, 1.165) is 25.0 Å². The molecule has 0 saturated carbocycles. The largest absolute Gasteiger partial charge is 0.617 e. The van der Waals surface area contributed by atoms with Crippen LogP contribution in [-0.4, -0.2) is 28.1 Å². The first-order valence-corrected chi connectivity index (χ1v) is 6.84. The van der Waals surface area contributed by atoms with Gasteiger partial charge < -0.3 is 4.55 Å². The van der Waals surface area contributed by atoms with Crippen LogP contribution in [0.15, 0.2) is 0 Å². The zero-order valence-electron chi connectivity index (χ0n) is 7.34. The third-order valence-electron chi connectivity index (χ3n) is 1.61. The van der Waals surface area contributed by atoms with Crippen molar-refractivity contribution in [2.24, 2.45) is 0 Å². The van der Waals surface area contributed by atoms with Gasteiger partial charge in [0.05, 0.1) is 6.26 Å². The average molecular weight is 193 g/mol. The highest BCUT2D eigenvalue weighted by Gasteiger charge is 2.05. The summed E-state index contributed by atoms with van der Waals surface area (Å²) in [7, 11) is 0. The second kappa shape index (κ2) is 7.32. The fraction of sp³-hybridized carbons (Fsp3) is 0.875. The van der Waals surface area contributed by atoms with Crippen LogP contribution in [0.1, 0.15) is 19.3 Å². The van der Waals surface area contributed by atoms with E-state index in [0.29, 0.717) is 5.25 Å². The Morgan fingerprint density at radius 1 is 1.64 bits per heavy atom. The van der Waals surface area contributed by atoms with Crippen molar-refractivity contribution in [3.63, 3.8) is 0 Å². The van der Waals surface area contributed by atoms with Crippen LogP contribution in [-0.2, 0) is 11.2 Å². The van der Waals surface area contributed by atoms with Gasteiger partial charge in [0, 0.05) is 5.25 Å². The molecular weight excluding hydrogens is 176 g/mol. The standard InChI is InChI=1S/C8H17OS2/c1-4-8(10-2)6-5-7-11(3)9/h8H,1,4-7H2,2-3H3. The summed E-state index contributed by atoms with van der Waals surface area (Å²) in [5, 5.41) is 0.665. The van der Waals surface area contributed by atoms with E-state index in [1.165, 1.54) is 0 Å². The number of rotatable bonds is 6. The van der Waals surface area contributed by atoms with Crippen molar-refractivity contribution in [1.82, 2.24) is 0 Å². The lowest BCUT2D eigenvalue weighted by Gasteiger charge is -2.11. The van der Waals surface area contributed by atoms with Crippen LogP contribution in [0.4, 0.5) is 0 Å². The van der Waals surface area contributed by atoms with Crippen molar-refractivity contribution in [3.05, 3.63) is 6.92 Å². The van der Waals surface area contributed by atoms with Crippen LogP contribution >= 0.6 is 11.8 Å². The van der Waals surface area contributed by atoms with E-state index in [1.807, 2.05) is 11.8 Å². The minimum atomic E-state index is -0.616. The number of hydrogen-bond donors (Lipinski definition) is 0. The van der Waals surface area contributed by atoms with E-state index in [1.54, 1.807) is 6.26 Å². The molecule has 0 rings (SSSR count). The van der Waals surface area contributed by atoms with Crippen LogP contribution in [0, 0.1) is 6.92 Å². The fourth-order valence-corrected chi connectivity index (χ4v) is 2.11. The summed E-state index contributed by atoms with van der Waals surface area (Å²) in [6.45, 7) is 3.86. The van der Waals surface area contributed by atoms with Crippen molar-refractivity contribution < 1.29 is 4.55 Å². The van der Waals surface area contributed by atoms with E-state index in [2.05, 4.69) is 13.2 Å². The first-order chi connectivity index (χ1) is 5.20. The molecule has 1 radical (unpaired) electrons. The van der Waals surface area contributed by atoms with Gasteiger partial charge >= 0.3 is 0 Å².